The van der Waals surface area contributed by atoms with Gasteiger partial charge in [-0.2, -0.15) is 0 Å². The minimum Gasteiger partial charge on any atom is -0.497 e. The molecule has 142 valence electrons. The molecule has 2 unspecified atom stereocenters. The fourth-order valence-corrected chi connectivity index (χ4v) is 4.15. The molecule has 0 saturated heterocycles. The molecule has 4 nitrogen and oxygen atoms in total. The van der Waals surface area contributed by atoms with Crippen LogP contribution in [0.5, 0.6) is 5.75 Å². The molecule has 2 N–H and O–H groups in total. The zero-order valence-corrected chi connectivity index (χ0v) is 16.2. The van der Waals surface area contributed by atoms with Crippen molar-refractivity contribution in [1.82, 2.24) is 5.32 Å². The van der Waals surface area contributed by atoms with Gasteiger partial charge in [-0.25, -0.2) is 0 Å². The Morgan fingerprint density at radius 1 is 1.19 bits per heavy atom. The molecule has 5 heteroatoms. The van der Waals surface area contributed by atoms with Gasteiger partial charge in [-0.05, 0) is 48.7 Å². The van der Waals surface area contributed by atoms with Gasteiger partial charge in [-0.15, -0.1) is 0 Å². The summed E-state index contributed by atoms with van der Waals surface area (Å²) in [5, 5.41) is 12.9. The maximum Gasteiger partial charge on any atom is 0.244 e. The molecule has 0 heterocycles. The summed E-state index contributed by atoms with van der Waals surface area (Å²) in [7, 11) is 1.66. The fraction of sp³-hybridized carbons (Fsp3) is 0.318. The van der Waals surface area contributed by atoms with Crippen LogP contribution in [0.15, 0.2) is 64.4 Å². The number of aliphatic hydroxyl groups is 1. The van der Waals surface area contributed by atoms with Crippen LogP contribution >= 0.6 is 11.8 Å². The summed E-state index contributed by atoms with van der Waals surface area (Å²) in [6.07, 6.45) is 6.60. The normalized spacial score (nSPS) is 19.8. The second-order valence-corrected chi connectivity index (χ2v) is 7.73. The Kier molecular flexibility index (Phi) is 6.96. The lowest BCUT2D eigenvalue weighted by atomic mass is 9.92. The van der Waals surface area contributed by atoms with E-state index in [-0.39, 0.29) is 11.9 Å². The Hall–Kier alpha value is -2.24. The molecular formula is C22H25NO3S. The van der Waals surface area contributed by atoms with E-state index in [2.05, 4.69) is 5.32 Å². The molecule has 3 rings (SSSR count). The lowest BCUT2D eigenvalue weighted by molar-refractivity contribution is -0.118. The monoisotopic (exact) mass is 383 g/mol. The van der Waals surface area contributed by atoms with Gasteiger partial charge in [0.1, 0.15) is 5.75 Å². The van der Waals surface area contributed by atoms with Gasteiger partial charge in [0, 0.05) is 15.9 Å². The van der Waals surface area contributed by atoms with Gasteiger partial charge in [-0.1, -0.05) is 48.9 Å². The lowest BCUT2D eigenvalue weighted by Crippen LogP contribution is -2.44. The highest BCUT2D eigenvalue weighted by Crippen LogP contribution is 2.32. The van der Waals surface area contributed by atoms with Crippen LogP contribution in [0.2, 0.25) is 0 Å². The van der Waals surface area contributed by atoms with Crippen LogP contribution in [0.3, 0.4) is 0 Å². The van der Waals surface area contributed by atoms with E-state index in [4.69, 9.17) is 4.74 Å². The van der Waals surface area contributed by atoms with E-state index in [1.165, 1.54) is 0 Å². The third kappa shape index (κ3) is 5.62. The molecule has 2 aromatic carbocycles. The summed E-state index contributed by atoms with van der Waals surface area (Å²) in [5.74, 6) is 0.653. The molecule has 0 radical (unpaired) electrons. The van der Waals surface area contributed by atoms with Crippen molar-refractivity contribution in [2.24, 2.45) is 0 Å². The molecule has 0 aromatic heterocycles. The zero-order valence-electron chi connectivity index (χ0n) is 15.4. The van der Waals surface area contributed by atoms with Crippen molar-refractivity contribution in [3.63, 3.8) is 0 Å². The standard InChI is InChI=1S/C22H25NO3S/c1-26-17-8-6-9-18(15-17)27-21-12-5-2-7-16(21)13-14-22(25)23-19-10-3-4-11-20(19)24/h2,5-9,12-15,19-20,24H,3-4,10-11H2,1H3,(H,23,25)/b14-13+. The summed E-state index contributed by atoms with van der Waals surface area (Å²) in [6.45, 7) is 0. The van der Waals surface area contributed by atoms with Crippen molar-refractivity contribution in [2.45, 2.75) is 47.6 Å². The highest BCUT2D eigenvalue weighted by Gasteiger charge is 2.23. The maximum atomic E-state index is 12.3. The van der Waals surface area contributed by atoms with Crippen LogP contribution in [0, 0.1) is 0 Å². The Labute approximate surface area is 164 Å². The number of amides is 1. The summed E-state index contributed by atoms with van der Waals surface area (Å²) in [6, 6.07) is 15.7. The van der Waals surface area contributed by atoms with Crippen molar-refractivity contribution >= 4 is 23.7 Å². The predicted octanol–water partition coefficient (Wildman–Crippen LogP) is 4.28. The summed E-state index contributed by atoms with van der Waals surface area (Å²) < 4.78 is 5.28. The first-order valence-corrected chi connectivity index (χ1v) is 10.0. The second-order valence-electron chi connectivity index (χ2n) is 6.62. The van der Waals surface area contributed by atoms with Crippen LogP contribution < -0.4 is 10.1 Å². The first-order valence-electron chi connectivity index (χ1n) is 9.23. The highest BCUT2D eigenvalue weighted by molar-refractivity contribution is 7.99. The van der Waals surface area contributed by atoms with Crippen molar-refractivity contribution in [2.75, 3.05) is 7.11 Å². The molecule has 1 aliphatic carbocycles. The number of hydrogen-bond donors (Lipinski definition) is 2. The number of methoxy groups -OCH3 is 1. The van der Waals surface area contributed by atoms with E-state index in [0.29, 0.717) is 0 Å². The summed E-state index contributed by atoms with van der Waals surface area (Å²) >= 11 is 1.63. The Balaban J connectivity index is 1.67. The number of carbonyl (C=O) groups is 1. The fourth-order valence-electron chi connectivity index (χ4n) is 3.18. The van der Waals surface area contributed by atoms with Gasteiger partial charge < -0.3 is 15.2 Å². The molecule has 0 bridgehead atoms. The van der Waals surface area contributed by atoms with E-state index in [0.717, 1.165) is 46.8 Å². The van der Waals surface area contributed by atoms with Gasteiger partial charge in [0.2, 0.25) is 5.91 Å². The van der Waals surface area contributed by atoms with E-state index in [1.807, 2.05) is 54.6 Å². The molecule has 27 heavy (non-hydrogen) atoms. The molecule has 1 fully saturated rings. The molecule has 0 spiro atoms. The first-order chi connectivity index (χ1) is 13.2. The zero-order chi connectivity index (χ0) is 19.1. The summed E-state index contributed by atoms with van der Waals surface area (Å²) in [5.41, 5.74) is 0.977. The average molecular weight is 384 g/mol. The second kappa shape index (κ2) is 9.62. The van der Waals surface area contributed by atoms with Crippen molar-refractivity contribution < 1.29 is 14.6 Å². The number of ether oxygens (including phenoxy) is 1. The quantitative estimate of drug-likeness (QED) is 0.731. The topological polar surface area (TPSA) is 58.6 Å². The maximum absolute atomic E-state index is 12.3. The smallest absolute Gasteiger partial charge is 0.244 e. The lowest BCUT2D eigenvalue weighted by Gasteiger charge is -2.27. The third-order valence-electron chi connectivity index (χ3n) is 4.66. The molecule has 1 amide bonds. The first kappa shape index (κ1) is 19.5. The van der Waals surface area contributed by atoms with E-state index >= 15 is 0 Å². The van der Waals surface area contributed by atoms with E-state index in [9.17, 15) is 9.90 Å². The molecule has 1 aliphatic rings. The van der Waals surface area contributed by atoms with Gasteiger partial charge in [-0.3, -0.25) is 4.79 Å². The Morgan fingerprint density at radius 3 is 2.81 bits per heavy atom. The third-order valence-corrected chi connectivity index (χ3v) is 5.74. The minimum atomic E-state index is -0.438. The number of nitrogens with one attached hydrogen (secondary N) is 1. The van der Waals surface area contributed by atoms with Crippen LogP contribution in [0.25, 0.3) is 6.08 Å². The van der Waals surface area contributed by atoms with Crippen molar-refractivity contribution in [1.29, 1.82) is 0 Å². The summed E-state index contributed by atoms with van der Waals surface area (Å²) in [4.78, 5) is 14.4. The van der Waals surface area contributed by atoms with Gasteiger partial charge >= 0.3 is 0 Å². The molecule has 2 atom stereocenters. The van der Waals surface area contributed by atoms with Crippen molar-refractivity contribution in [3.8, 4) is 5.75 Å². The van der Waals surface area contributed by atoms with E-state index < -0.39 is 6.10 Å². The van der Waals surface area contributed by atoms with Crippen LogP contribution in [-0.4, -0.2) is 30.3 Å². The number of benzene rings is 2. The number of hydrogen-bond acceptors (Lipinski definition) is 4. The van der Waals surface area contributed by atoms with Crippen molar-refractivity contribution in [3.05, 3.63) is 60.2 Å². The number of carbonyl (C=O) groups excluding carboxylic acids is 1. The van der Waals surface area contributed by atoms with Crippen LogP contribution in [-0.2, 0) is 4.79 Å². The largest absolute Gasteiger partial charge is 0.497 e. The molecule has 0 aliphatic heterocycles. The predicted molar refractivity (Wildman–Crippen MR) is 109 cm³/mol. The van der Waals surface area contributed by atoms with Crippen LogP contribution in [0.1, 0.15) is 31.2 Å². The number of rotatable bonds is 6. The number of aliphatic hydroxyl groups excluding tert-OH is 1. The molecule has 1 saturated carbocycles. The van der Waals surface area contributed by atoms with E-state index in [1.54, 1.807) is 24.9 Å². The van der Waals surface area contributed by atoms with Crippen LogP contribution in [0.4, 0.5) is 0 Å². The Morgan fingerprint density at radius 2 is 2.00 bits per heavy atom. The van der Waals surface area contributed by atoms with Gasteiger partial charge in [0.05, 0.1) is 19.3 Å². The molecular weight excluding hydrogens is 358 g/mol. The average Bonchev–Trinajstić information content (AvgIpc) is 2.69. The Bertz CT molecular complexity index is 806. The van der Waals surface area contributed by atoms with Gasteiger partial charge in [0.25, 0.3) is 0 Å². The van der Waals surface area contributed by atoms with Gasteiger partial charge in [0.15, 0.2) is 0 Å². The highest BCUT2D eigenvalue weighted by atomic mass is 32.2. The molecule has 2 aromatic rings. The SMILES string of the molecule is COc1cccc(Sc2ccccc2/C=C/C(=O)NC2CCCCC2O)c1. The minimum absolute atomic E-state index is 0.141.